The summed E-state index contributed by atoms with van der Waals surface area (Å²) in [6.45, 7) is 1.89. The number of ether oxygens (including phenoxy) is 3. The fourth-order valence-corrected chi connectivity index (χ4v) is 8.15. The molecule has 13 heteroatoms. The number of thiazole rings is 1. The van der Waals surface area contributed by atoms with Gasteiger partial charge in [-0.3, -0.25) is 5.43 Å². The third-order valence-electron chi connectivity index (χ3n) is 7.33. The normalized spacial score (nSPS) is 18.2. The molecule has 42 heavy (non-hydrogen) atoms. The Balaban J connectivity index is 1.02. The molecule has 2 atom stereocenters. The van der Waals surface area contributed by atoms with E-state index >= 15 is 0 Å². The Bertz CT molecular complexity index is 1660. The molecule has 5 aromatic rings. The summed E-state index contributed by atoms with van der Waals surface area (Å²) in [7, 11) is 3.27. The SMILES string of the molecule is COc1cc(OCc2csc(C3CCN([S+]([O-])c4ccccc4)CC3)n2)c2cc(-c3cn4c(n3)SC(OC)N4)oc2c1. The van der Waals surface area contributed by atoms with E-state index in [2.05, 4.69) is 20.1 Å². The highest BCUT2D eigenvalue weighted by molar-refractivity contribution is 7.99. The zero-order valence-electron chi connectivity index (χ0n) is 23.0. The van der Waals surface area contributed by atoms with Gasteiger partial charge in [-0.15, -0.1) is 15.6 Å². The lowest BCUT2D eigenvalue weighted by molar-refractivity contribution is 0.187. The minimum absolute atomic E-state index is 0.161. The molecule has 0 amide bonds. The monoisotopic (exact) mass is 623 g/mol. The van der Waals surface area contributed by atoms with Crippen LogP contribution in [-0.4, -0.2) is 56.4 Å². The van der Waals surface area contributed by atoms with E-state index in [1.54, 1.807) is 25.6 Å². The van der Waals surface area contributed by atoms with Crippen LogP contribution < -0.4 is 14.9 Å². The molecule has 2 aliphatic heterocycles. The first kappa shape index (κ1) is 27.6. The van der Waals surface area contributed by atoms with Gasteiger partial charge in [0.25, 0.3) is 0 Å². The molecule has 2 unspecified atom stereocenters. The van der Waals surface area contributed by atoms with Crippen LogP contribution in [0.25, 0.3) is 22.4 Å². The van der Waals surface area contributed by atoms with Crippen LogP contribution in [0.5, 0.6) is 11.5 Å². The van der Waals surface area contributed by atoms with Gasteiger partial charge in [0, 0.05) is 43.6 Å². The number of rotatable bonds is 9. The van der Waals surface area contributed by atoms with E-state index in [0.717, 1.165) is 52.1 Å². The highest BCUT2D eigenvalue weighted by Gasteiger charge is 2.30. The number of furan rings is 1. The van der Waals surface area contributed by atoms with Crippen molar-refractivity contribution in [3.8, 4) is 23.0 Å². The number of aromatic nitrogens is 3. The lowest BCUT2D eigenvalue weighted by atomic mass is 9.99. The van der Waals surface area contributed by atoms with Gasteiger partial charge in [-0.1, -0.05) is 18.2 Å². The average molecular weight is 624 g/mol. The average Bonchev–Trinajstić information content (AvgIpc) is 3.82. The van der Waals surface area contributed by atoms with Gasteiger partial charge in [0.1, 0.15) is 29.4 Å². The number of hydrogen-bond donors (Lipinski definition) is 1. The minimum Gasteiger partial charge on any atom is -0.593 e. The maximum absolute atomic E-state index is 12.9. The van der Waals surface area contributed by atoms with E-state index in [1.165, 1.54) is 11.8 Å². The number of fused-ring (bicyclic) bond motifs is 2. The lowest BCUT2D eigenvalue weighted by Crippen LogP contribution is -2.37. The number of hydrogen-bond acceptors (Lipinski definition) is 11. The van der Waals surface area contributed by atoms with Gasteiger partial charge in [0.2, 0.25) is 0 Å². The van der Waals surface area contributed by atoms with E-state index < -0.39 is 11.4 Å². The molecule has 0 spiro atoms. The van der Waals surface area contributed by atoms with Gasteiger partial charge in [-0.25, -0.2) is 14.6 Å². The van der Waals surface area contributed by atoms with Crippen LogP contribution >= 0.6 is 23.1 Å². The third-order valence-corrected chi connectivity index (χ3v) is 10.9. The van der Waals surface area contributed by atoms with Crippen LogP contribution in [0.2, 0.25) is 0 Å². The minimum atomic E-state index is -1.12. The summed E-state index contributed by atoms with van der Waals surface area (Å²) in [6, 6.07) is 15.3. The molecule has 218 valence electrons. The first-order chi connectivity index (χ1) is 20.6. The van der Waals surface area contributed by atoms with Crippen molar-refractivity contribution in [2.24, 2.45) is 0 Å². The smallest absolute Gasteiger partial charge is 0.196 e. The van der Waals surface area contributed by atoms with Crippen LogP contribution in [0.15, 0.2) is 74.6 Å². The van der Waals surface area contributed by atoms with Crippen LogP contribution in [0, 0.1) is 0 Å². The number of nitrogens with one attached hydrogen (secondary N) is 1. The molecule has 0 radical (unpaired) electrons. The maximum Gasteiger partial charge on any atom is 0.196 e. The van der Waals surface area contributed by atoms with Crippen molar-refractivity contribution in [1.29, 1.82) is 0 Å². The van der Waals surface area contributed by atoms with Gasteiger partial charge >= 0.3 is 0 Å². The molecule has 10 nitrogen and oxygen atoms in total. The van der Waals surface area contributed by atoms with Gasteiger partial charge in [0.15, 0.2) is 21.4 Å². The first-order valence-electron chi connectivity index (χ1n) is 13.5. The number of imidazole rings is 1. The van der Waals surface area contributed by atoms with Gasteiger partial charge in [-0.05, 0) is 42.8 Å². The summed E-state index contributed by atoms with van der Waals surface area (Å²) in [4.78, 5) is 10.4. The third kappa shape index (κ3) is 5.48. The summed E-state index contributed by atoms with van der Waals surface area (Å²) in [6.07, 6.45) is 3.74. The number of nitrogens with zero attached hydrogens (tertiary/aromatic N) is 4. The predicted octanol–water partition coefficient (Wildman–Crippen LogP) is 5.82. The summed E-state index contributed by atoms with van der Waals surface area (Å²) in [5.41, 5.74) is 5.29. The molecule has 1 saturated heterocycles. The highest BCUT2D eigenvalue weighted by Crippen LogP contribution is 2.39. The van der Waals surface area contributed by atoms with Gasteiger partial charge in [-0.2, -0.15) is 0 Å². The fourth-order valence-electron chi connectivity index (χ4n) is 5.12. The van der Waals surface area contributed by atoms with Crippen LogP contribution in [-0.2, 0) is 22.7 Å². The van der Waals surface area contributed by atoms with Crippen molar-refractivity contribution >= 4 is 45.4 Å². The molecule has 3 aromatic heterocycles. The van der Waals surface area contributed by atoms with Crippen LogP contribution in [0.3, 0.4) is 0 Å². The quantitative estimate of drug-likeness (QED) is 0.202. The molecule has 5 heterocycles. The predicted molar refractivity (Wildman–Crippen MR) is 163 cm³/mol. The second-order valence-electron chi connectivity index (χ2n) is 9.97. The molecule has 0 saturated carbocycles. The standard InChI is InChI=1S/C29H29N5O5S3/c1-36-20-12-24(22-14-26(39-25(22)13-20)23-15-34-28(31-23)41-29(32-34)37-2)38-16-19-17-40-27(30-19)18-8-10-33(11-9-18)42(35)21-6-4-3-5-7-21/h3-7,12-15,17-18,29,32H,8-11,16H2,1-2H3. The van der Waals surface area contributed by atoms with E-state index in [9.17, 15) is 4.55 Å². The number of methoxy groups -OCH3 is 2. The second-order valence-corrected chi connectivity index (χ2v) is 13.4. The Labute approximate surface area is 254 Å². The van der Waals surface area contributed by atoms with Crippen molar-refractivity contribution in [3.63, 3.8) is 0 Å². The summed E-state index contributed by atoms with van der Waals surface area (Å²) in [5, 5.41) is 4.81. The van der Waals surface area contributed by atoms with E-state index in [4.69, 9.17) is 23.6 Å². The van der Waals surface area contributed by atoms with Gasteiger partial charge in [0.05, 0.1) is 40.8 Å². The van der Waals surface area contributed by atoms with Crippen molar-refractivity contribution < 1.29 is 23.2 Å². The molecule has 0 bridgehead atoms. The fraction of sp³-hybridized carbons (Fsp3) is 0.310. The van der Waals surface area contributed by atoms with Crippen LogP contribution in [0.4, 0.5) is 0 Å². The first-order valence-corrected chi connectivity index (χ1v) is 16.4. The Morgan fingerprint density at radius 3 is 2.71 bits per heavy atom. The number of thioether (sulfide) groups is 1. The molecule has 1 N–H and O–H groups in total. The summed E-state index contributed by atoms with van der Waals surface area (Å²) >= 11 is 2.04. The Kier molecular flexibility index (Phi) is 7.78. The number of piperidine rings is 1. The molecular weight excluding hydrogens is 595 g/mol. The number of benzene rings is 2. The molecule has 2 aromatic carbocycles. The van der Waals surface area contributed by atoms with Crippen LogP contribution in [0.1, 0.15) is 29.5 Å². The zero-order valence-corrected chi connectivity index (χ0v) is 25.5. The Morgan fingerprint density at radius 1 is 1.12 bits per heavy atom. The van der Waals surface area contributed by atoms with E-state index in [1.807, 2.05) is 59.4 Å². The molecule has 0 aliphatic carbocycles. The zero-order chi connectivity index (χ0) is 28.6. The summed E-state index contributed by atoms with van der Waals surface area (Å²) < 4.78 is 40.1. The van der Waals surface area contributed by atoms with E-state index in [-0.39, 0.29) is 5.56 Å². The van der Waals surface area contributed by atoms with Crippen molar-refractivity contribution in [1.82, 2.24) is 18.9 Å². The largest absolute Gasteiger partial charge is 0.593 e. The van der Waals surface area contributed by atoms with Crippen molar-refractivity contribution in [2.45, 2.75) is 41.0 Å². The molecular formula is C29H29N5O5S3. The highest BCUT2D eigenvalue weighted by atomic mass is 32.2. The van der Waals surface area contributed by atoms with Gasteiger partial charge < -0.3 is 23.2 Å². The molecule has 7 rings (SSSR count). The van der Waals surface area contributed by atoms with E-state index in [0.29, 0.717) is 41.1 Å². The second kappa shape index (κ2) is 11.8. The Morgan fingerprint density at radius 2 is 1.95 bits per heavy atom. The van der Waals surface area contributed by atoms with Crippen molar-refractivity contribution in [3.05, 3.63) is 70.8 Å². The maximum atomic E-state index is 12.9. The Hall–Kier alpha value is -3.20. The van der Waals surface area contributed by atoms with Crippen molar-refractivity contribution in [2.75, 3.05) is 32.7 Å². The lowest BCUT2D eigenvalue weighted by Gasteiger charge is -2.30. The molecule has 2 aliphatic rings. The topological polar surface area (TPSA) is 110 Å². The molecule has 1 fully saturated rings. The summed E-state index contributed by atoms with van der Waals surface area (Å²) in [5.74, 6) is 2.29.